The summed E-state index contributed by atoms with van der Waals surface area (Å²) >= 11 is 0. The van der Waals surface area contributed by atoms with Crippen LogP contribution in [0.5, 0.6) is 0 Å². The van der Waals surface area contributed by atoms with Crippen LogP contribution in [0.1, 0.15) is 36.9 Å². The van der Waals surface area contributed by atoms with Crippen LogP contribution in [-0.2, 0) is 22.1 Å². The van der Waals surface area contributed by atoms with Gasteiger partial charge in [-0.2, -0.15) is 13.2 Å². The van der Waals surface area contributed by atoms with Crippen molar-refractivity contribution < 1.29 is 27.5 Å². The number of ether oxygens (including phenoxy) is 1. The van der Waals surface area contributed by atoms with Gasteiger partial charge >= 0.3 is 12.3 Å². The summed E-state index contributed by atoms with van der Waals surface area (Å²) in [5.41, 5.74) is 0.107. The topological polar surface area (TPSA) is 62.7 Å². The van der Waals surface area contributed by atoms with Gasteiger partial charge in [-0.1, -0.05) is 6.07 Å². The van der Waals surface area contributed by atoms with Gasteiger partial charge in [0.15, 0.2) is 0 Å². The minimum Gasteiger partial charge on any atom is -0.448 e. The number of carbonyl (C=O) groups is 2. The first-order valence-corrected chi connectivity index (χ1v) is 9.96. The number of halogens is 3. The zero-order valence-electron chi connectivity index (χ0n) is 16.1. The molecule has 2 saturated heterocycles. The van der Waals surface area contributed by atoms with Gasteiger partial charge in [0.25, 0.3) is 0 Å². The molecule has 29 heavy (non-hydrogen) atoms. The Bertz CT molecular complexity index is 775. The number of nitrogens with zero attached hydrogens (tertiary/aromatic N) is 3. The second-order valence-electron chi connectivity index (χ2n) is 8.46. The van der Waals surface area contributed by atoms with E-state index in [1.54, 1.807) is 4.90 Å². The summed E-state index contributed by atoms with van der Waals surface area (Å²) in [4.78, 5) is 30.7. The molecule has 3 heterocycles. The van der Waals surface area contributed by atoms with E-state index in [2.05, 4.69) is 4.98 Å². The molecular weight excluding hydrogens is 387 g/mol. The van der Waals surface area contributed by atoms with Crippen LogP contribution >= 0.6 is 0 Å². The molecule has 4 rings (SSSR count). The highest BCUT2D eigenvalue weighted by Gasteiger charge is 2.49. The molecule has 1 aromatic heterocycles. The van der Waals surface area contributed by atoms with E-state index in [1.165, 1.54) is 12.3 Å². The average molecular weight is 411 g/mol. The van der Waals surface area contributed by atoms with Crippen LogP contribution in [0.15, 0.2) is 18.3 Å². The SMILES string of the molecule is O=C(CCN1CCOC1=O)N1CC2(CCC(Cc3ccc(C(F)(F)F)nc3)C2)C1. The number of pyridine rings is 1. The number of aromatic nitrogens is 1. The zero-order valence-corrected chi connectivity index (χ0v) is 16.1. The quantitative estimate of drug-likeness (QED) is 0.747. The lowest BCUT2D eigenvalue weighted by atomic mass is 9.77. The number of hydrogen-bond donors (Lipinski definition) is 0. The fourth-order valence-electron chi connectivity index (χ4n) is 4.79. The molecule has 1 unspecified atom stereocenters. The molecule has 3 fully saturated rings. The van der Waals surface area contributed by atoms with Crippen LogP contribution in [0.4, 0.5) is 18.0 Å². The first kappa shape index (κ1) is 20.0. The average Bonchev–Trinajstić information content (AvgIpc) is 3.24. The molecule has 1 aliphatic carbocycles. The zero-order chi connectivity index (χ0) is 20.6. The van der Waals surface area contributed by atoms with Gasteiger partial charge in [0.1, 0.15) is 12.3 Å². The minimum absolute atomic E-state index is 0.0608. The van der Waals surface area contributed by atoms with Crippen molar-refractivity contribution in [3.05, 3.63) is 29.6 Å². The van der Waals surface area contributed by atoms with E-state index in [0.29, 0.717) is 32.0 Å². The second-order valence-corrected chi connectivity index (χ2v) is 8.46. The monoisotopic (exact) mass is 411 g/mol. The molecule has 2 aliphatic heterocycles. The van der Waals surface area contributed by atoms with Crippen molar-refractivity contribution in [3.8, 4) is 0 Å². The molecule has 0 radical (unpaired) electrons. The van der Waals surface area contributed by atoms with Gasteiger partial charge < -0.3 is 14.5 Å². The van der Waals surface area contributed by atoms with E-state index in [-0.39, 0.29) is 17.4 Å². The van der Waals surface area contributed by atoms with Gasteiger partial charge in [0.2, 0.25) is 5.91 Å². The number of rotatable bonds is 5. The molecule has 0 aromatic carbocycles. The Morgan fingerprint density at radius 1 is 1.31 bits per heavy atom. The largest absolute Gasteiger partial charge is 0.448 e. The summed E-state index contributed by atoms with van der Waals surface area (Å²) < 4.78 is 42.7. The molecule has 0 N–H and O–H groups in total. The molecule has 3 aliphatic rings. The Morgan fingerprint density at radius 2 is 2.10 bits per heavy atom. The van der Waals surface area contributed by atoms with Crippen LogP contribution in [0.3, 0.4) is 0 Å². The highest BCUT2D eigenvalue weighted by Crippen LogP contribution is 2.49. The molecule has 2 amide bonds. The molecule has 0 bridgehead atoms. The normalized spacial score (nSPS) is 23.4. The number of likely N-dealkylation sites (tertiary alicyclic amines) is 1. The molecule has 158 valence electrons. The summed E-state index contributed by atoms with van der Waals surface area (Å²) in [5.74, 6) is 0.468. The molecule has 1 aromatic rings. The Kier molecular flexibility index (Phi) is 5.16. The summed E-state index contributed by atoms with van der Waals surface area (Å²) in [6.07, 6.45) is 0.631. The molecular formula is C20H24F3N3O3. The van der Waals surface area contributed by atoms with Crippen LogP contribution in [0.2, 0.25) is 0 Å². The van der Waals surface area contributed by atoms with Crippen molar-refractivity contribution in [2.45, 2.75) is 38.3 Å². The van der Waals surface area contributed by atoms with Crippen molar-refractivity contribution in [3.63, 3.8) is 0 Å². The highest BCUT2D eigenvalue weighted by molar-refractivity contribution is 5.78. The van der Waals surface area contributed by atoms with Gasteiger partial charge in [-0.25, -0.2) is 4.79 Å². The lowest BCUT2D eigenvalue weighted by molar-refractivity contribution is -0.143. The maximum absolute atomic E-state index is 12.6. The lowest BCUT2D eigenvalue weighted by Gasteiger charge is -2.48. The fourth-order valence-corrected chi connectivity index (χ4v) is 4.79. The third-order valence-electron chi connectivity index (χ3n) is 6.29. The number of carbonyl (C=O) groups excluding carboxylic acids is 2. The van der Waals surface area contributed by atoms with Crippen LogP contribution in [0, 0.1) is 11.3 Å². The molecule has 6 nitrogen and oxygen atoms in total. The first-order valence-electron chi connectivity index (χ1n) is 9.96. The van der Waals surface area contributed by atoms with Gasteiger partial charge in [0.05, 0.1) is 6.54 Å². The third-order valence-corrected chi connectivity index (χ3v) is 6.29. The van der Waals surface area contributed by atoms with Gasteiger partial charge in [-0.05, 0) is 43.2 Å². The van der Waals surface area contributed by atoms with Crippen LogP contribution in [0.25, 0.3) is 0 Å². The summed E-state index contributed by atoms with van der Waals surface area (Å²) in [6, 6.07) is 2.56. The number of alkyl halides is 3. The second kappa shape index (κ2) is 7.50. The standard InChI is InChI=1S/C20H24F3N3O3/c21-20(22,23)16-2-1-15(11-24-16)9-14-3-5-19(10-14)12-26(13-19)17(27)4-6-25-7-8-29-18(25)28/h1-2,11,14H,3-10,12-13H2. The number of cyclic esters (lactones) is 1. The maximum atomic E-state index is 12.6. The van der Waals surface area contributed by atoms with Crippen molar-refractivity contribution in [2.24, 2.45) is 11.3 Å². The smallest absolute Gasteiger partial charge is 0.433 e. The number of hydrogen-bond acceptors (Lipinski definition) is 4. The van der Waals surface area contributed by atoms with E-state index in [9.17, 15) is 22.8 Å². The molecule has 1 atom stereocenters. The summed E-state index contributed by atoms with van der Waals surface area (Å²) in [6.45, 7) is 2.78. The number of amides is 2. The Balaban J connectivity index is 1.22. The van der Waals surface area contributed by atoms with E-state index in [1.807, 2.05) is 4.90 Å². The fraction of sp³-hybridized carbons (Fsp3) is 0.650. The van der Waals surface area contributed by atoms with Crippen molar-refractivity contribution in [1.82, 2.24) is 14.8 Å². The van der Waals surface area contributed by atoms with E-state index < -0.39 is 11.9 Å². The van der Waals surface area contributed by atoms with Gasteiger partial charge in [-0.15, -0.1) is 0 Å². The molecule has 1 saturated carbocycles. The highest BCUT2D eigenvalue weighted by atomic mass is 19.4. The predicted octanol–water partition coefficient (Wildman–Crippen LogP) is 3.11. The van der Waals surface area contributed by atoms with Crippen LogP contribution < -0.4 is 0 Å². The summed E-state index contributed by atoms with van der Waals surface area (Å²) in [5, 5.41) is 0. The van der Waals surface area contributed by atoms with Crippen molar-refractivity contribution in [1.29, 1.82) is 0 Å². The Labute approximate surface area is 167 Å². The van der Waals surface area contributed by atoms with E-state index >= 15 is 0 Å². The third kappa shape index (κ3) is 4.33. The first-order chi connectivity index (χ1) is 13.7. The van der Waals surface area contributed by atoms with Crippen LogP contribution in [-0.4, -0.2) is 59.6 Å². The lowest BCUT2D eigenvalue weighted by Crippen LogP contribution is -2.57. The molecule has 9 heteroatoms. The summed E-state index contributed by atoms with van der Waals surface area (Å²) in [7, 11) is 0. The van der Waals surface area contributed by atoms with E-state index in [0.717, 1.165) is 50.4 Å². The van der Waals surface area contributed by atoms with Crippen molar-refractivity contribution in [2.75, 3.05) is 32.8 Å². The predicted molar refractivity (Wildman–Crippen MR) is 96.8 cm³/mol. The molecule has 1 spiro atoms. The minimum atomic E-state index is -4.41. The Morgan fingerprint density at radius 3 is 2.72 bits per heavy atom. The Hall–Kier alpha value is -2.32. The van der Waals surface area contributed by atoms with E-state index in [4.69, 9.17) is 4.74 Å². The van der Waals surface area contributed by atoms with Gasteiger partial charge in [-0.3, -0.25) is 9.78 Å². The van der Waals surface area contributed by atoms with Gasteiger partial charge in [0, 0.05) is 37.7 Å². The maximum Gasteiger partial charge on any atom is 0.433 e. The van der Waals surface area contributed by atoms with Crippen molar-refractivity contribution >= 4 is 12.0 Å².